The highest BCUT2D eigenvalue weighted by Crippen LogP contribution is 2.16. The lowest BCUT2D eigenvalue weighted by atomic mass is 10.0. The van der Waals surface area contributed by atoms with Crippen LogP contribution in [0.25, 0.3) is 0 Å². The molecule has 7 nitrogen and oxygen atoms in total. The van der Waals surface area contributed by atoms with Gasteiger partial charge in [-0.25, -0.2) is 4.79 Å². The van der Waals surface area contributed by atoms with Crippen LogP contribution < -0.4 is 10.6 Å². The number of hydrogen-bond donors (Lipinski definition) is 3. The molecule has 8 heteroatoms. The van der Waals surface area contributed by atoms with Gasteiger partial charge in [-0.1, -0.05) is 6.42 Å². The van der Waals surface area contributed by atoms with Crippen molar-refractivity contribution in [3.63, 3.8) is 0 Å². The molecule has 3 N–H and O–H groups in total. The fourth-order valence-electron chi connectivity index (χ4n) is 1.87. The lowest BCUT2D eigenvalue weighted by molar-refractivity contribution is -0.145. The number of carboxylic acid groups (broad SMARTS) is 1. The molecule has 0 radical (unpaired) electrons. The summed E-state index contributed by atoms with van der Waals surface area (Å²) in [5.74, 6) is -1.41. The average molecular weight is 280 g/mol. The molecule has 104 valence electrons. The smallest absolute Gasteiger partial charge is 0.321 e. The molecule has 1 rings (SSSR count). The van der Waals surface area contributed by atoms with Crippen LogP contribution in [0.5, 0.6) is 0 Å². The first kappa shape index (κ1) is 16.7. The Morgan fingerprint density at radius 1 is 1.33 bits per heavy atom. The molecule has 1 atom stereocenters. The van der Waals surface area contributed by atoms with E-state index in [1.807, 2.05) is 0 Å². The molecule has 0 saturated carbocycles. The molecule has 0 spiro atoms. The van der Waals surface area contributed by atoms with E-state index >= 15 is 0 Å². The van der Waals surface area contributed by atoms with Crippen LogP contribution in [-0.2, 0) is 9.59 Å². The van der Waals surface area contributed by atoms with Crippen molar-refractivity contribution >= 4 is 30.3 Å². The maximum Gasteiger partial charge on any atom is 0.321 e. The lowest BCUT2D eigenvalue weighted by Gasteiger charge is -2.31. The van der Waals surface area contributed by atoms with Crippen molar-refractivity contribution in [2.75, 3.05) is 20.1 Å². The van der Waals surface area contributed by atoms with Gasteiger partial charge in [0.15, 0.2) is 0 Å². The molecule has 1 aliphatic rings. The van der Waals surface area contributed by atoms with Crippen LogP contribution in [0.1, 0.15) is 19.3 Å². The van der Waals surface area contributed by atoms with Gasteiger partial charge in [-0.05, 0) is 19.4 Å². The van der Waals surface area contributed by atoms with Gasteiger partial charge in [-0.3, -0.25) is 19.8 Å². The number of piperidine rings is 1. The summed E-state index contributed by atoms with van der Waals surface area (Å²) in [4.78, 5) is 34.9. The van der Waals surface area contributed by atoms with Gasteiger partial charge >= 0.3 is 12.0 Å². The van der Waals surface area contributed by atoms with E-state index in [1.165, 1.54) is 7.05 Å². The van der Waals surface area contributed by atoms with E-state index in [0.717, 1.165) is 12.8 Å². The van der Waals surface area contributed by atoms with Gasteiger partial charge in [0.05, 0.1) is 6.54 Å². The van der Waals surface area contributed by atoms with Crippen molar-refractivity contribution < 1.29 is 19.5 Å². The van der Waals surface area contributed by atoms with Gasteiger partial charge in [-0.2, -0.15) is 0 Å². The summed E-state index contributed by atoms with van der Waals surface area (Å²) in [7, 11) is 1.41. The zero-order valence-corrected chi connectivity index (χ0v) is 11.0. The second kappa shape index (κ2) is 7.88. The van der Waals surface area contributed by atoms with Crippen molar-refractivity contribution in [1.29, 1.82) is 0 Å². The third-order valence-corrected chi connectivity index (χ3v) is 2.73. The van der Waals surface area contributed by atoms with E-state index in [9.17, 15) is 14.4 Å². The molecule has 1 heterocycles. The van der Waals surface area contributed by atoms with Crippen LogP contribution in [0.3, 0.4) is 0 Å². The SMILES string of the molecule is CNC(=O)NC(=O)CN1CCCCC1C(=O)O.Cl. The number of carbonyl (C=O) groups excluding carboxylic acids is 2. The Labute approximate surface area is 111 Å². The highest BCUT2D eigenvalue weighted by molar-refractivity contribution is 5.95. The first-order valence-corrected chi connectivity index (χ1v) is 5.53. The normalized spacial score (nSPS) is 19.5. The van der Waals surface area contributed by atoms with Gasteiger partial charge in [-0.15, -0.1) is 12.4 Å². The number of halogens is 1. The van der Waals surface area contributed by atoms with Crippen molar-refractivity contribution in [3.05, 3.63) is 0 Å². The highest BCUT2D eigenvalue weighted by Gasteiger charge is 2.29. The number of likely N-dealkylation sites (tertiary alicyclic amines) is 1. The highest BCUT2D eigenvalue weighted by atomic mass is 35.5. The topological polar surface area (TPSA) is 98.7 Å². The van der Waals surface area contributed by atoms with E-state index < -0.39 is 23.9 Å². The third kappa shape index (κ3) is 4.89. The molecule has 0 aliphatic carbocycles. The van der Waals surface area contributed by atoms with E-state index in [4.69, 9.17) is 5.11 Å². The second-order valence-corrected chi connectivity index (χ2v) is 3.95. The summed E-state index contributed by atoms with van der Waals surface area (Å²) < 4.78 is 0. The summed E-state index contributed by atoms with van der Waals surface area (Å²) in [5.41, 5.74) is 0. The first-order valence-electron chi connectivity index (χ1n) is 5.53. The summed E-state index contributed by atoms with van der Waals surface area (Å²) in [5, 5.41) is 13.4. The first-order chi connectivity index (χ1) is 8.04. The van der Waals surface area contributed by atoms with Crippen LogP contribution in [0.15, 0.2) is 0 Å². The number of imide groups is 1. The van der Waals surface area contributed by atoms with Crippen molar-refractivity contribution in [2.45, 2.75) is 25.3 Å². The molecule has 3 amide bonds. The Kier molecular flexibility index (Phi) is 7.30. The maximum atomic E-state index is 11.4. The van der Waals surface area contributed by atoms with E-state index in [2.05, 4.69) is 10.6 Å². The fourth-order valence-corrected chi connectivity index (χ4v) is 1.87. The number of hydrogen-bond acceptors (Lipinski definition) is 4. The molecule has 0 bridgehead atoms. The van der Waals surface area contributed by atoms with Crippen LogP contribution in [-0.4, -0.2) is 54.1 Å². The molecule has 1 fully saturated rings. The number of amides is 3. The fraction of sp³-hybridized carbons (Fsp3) is 0.700. The van der Waals surface area contributed by atoms with Gasteiger partial charge in [0.25, 0.3) is 0 Å². The number of nitrogens with one attached hydrogen (secondary N) is 2. The van der Waals surface area contributed by atoms with E-state index in [1.54, 1.807) is 4.90 Å². The maximum absolute atomic E-state index is 11.4. The van der Waals surface area contributed by atoms with E-state index in [0.29, 0.717) is 13.0 Å². The Balaban J connectivity index is 0.00000289. The minimum atomic E-state index is -0.919. The zero-order valence-electron chi connectivity index (χ0n) is 10.1. The molecule has 0 aromatic heterocycles. The summed E-state index contributed by atoms with van der Waals surface area (Å²) in [6.07, 6.45) is 2.27. The summed E-state index contributed by atoms with van der Waals surface area (Å²) >= 11 is 0. The molecule has 1 saturated heterocycles. The number of aliphatic carboxylic acids is 1. The van der Waals surface area contributed by atoms with Gasteiger partial charge < -0.3 is 10.4 Å². The average Bonchev–Trinajstić information content (AvgIpc) is 2.29. The quantitative estimate of drug-likeness (QED) is 0.665. The largest absolute Gasteiger partial charge is 0.480 e. The molecular weight excluding hydrogens is 262 g/mol. The number of carboxylic acids is 1. The minimum Gasteiger partial charge on any atom is -0.480 e. The molecular formula is C10H18ClN3O4. The summed E-state index contributed by atoms with van der Waals surface area (Å²) in [6.45, 7) is 0.502. The monoisotopic (exact) mass is 279 g/mol. The Hall–Kier alpha value is -1.34. The number of carbonyl (C=O) groups is 3. The zero-order chi connectivity index (χ0) is 12.8. The number of nitrogens with zero attached hydrogens (tertiary/aromatic N) is 1. The van der Waals surface area contributed by atoms with Crippen LogP contribution in [0, 0.1) is 0 Å². The molecule has 18 heavy (non-hydrogen) atoms. The number of rotatable bonds is 3. The van der Waals surface area contributed by atoms with Crippen LogP contribution in [0.4, 0.5) is 4.79 Å². The van der Waals surface area contributed by atoms with Crippen molar-refractivity contribution in [2.24, 2.45) is 0 Å². The van der Waals surface area contributed by atoms with Gasteiger partial charge in [0, 0.05) is 7.05 Å². The van der Waals surface area contributed by atoms with Crippen LogP contribution in [0.2, 0.25) is 0 Å². The molecule has 0 aromatic rings. The van der Waals surface area contributed by atoms with Crippen molar-refractivity contribution in [3.8, 4) is 0 Å². The second-order valence-electron chi connectivity index (χ2n) is 3.95. The van der Waals surface area contributed by atoms with Crippen molar-refractivity contribution in [1.82, 2.24) is 15.5 Å². The predicted molar refractivity (Wildman–Crippen MR) is 66.7 cm³/mol. The summed E-state index contributed by atoms with van der Waals surface area (Å²) in [6, 6.07) is -1.21. The van der Waals surface area contributed by atoms with E-state index in [-0.39, 0.29) is 19.0 Å². The molecule has 0 aromatic carbocycles. The lowest BCUT2D eigenvalue weighted by Crippen LogP contribution is -2.50. The minimum absolute atomic E-state index is 0. The molecule has 1 aliphatic heterocycles. The standard InChI is InChI=1S/C10H17N3O4.ClH/c1-11-10(17)12-8(14)6-13-5-3-2-4-7(13)9(15)16;/h7H,2-6H2,1H3,(H,15,16)(H2,11,12,14,17);1H. The van der Waals surface area contributed by atoms with Gasteiger partial charge in [0.1, 0.15) is 6.04 Å². The Morgan fingerprint density at radius 2 is 2.00 bits per heavy atom. The Bertz CT molecular complexity index is 324. The predicted octanol–water partition coefficient (Wildman–Crippen LogP) is -0.197. The van der Waals surface area contributed by atoms with Crippen LogP contribution >= 0.6 is 12.4 Å². The molecule has 1 unspecified atom stereocenters. The third-order valence-electron chi connectivity index (χ3n) is 2.73. The van der Waals surface area contributed by atoms with Gasteiger partial charge in [0.2, 0.25) is 5.91 Å². The number of urea groups is 1. The Morgan fingerprint density at radius 3 is 2.56 bits per heavy atom.